The lowest BCUT2D eigenvalue weighted by atomic mass is 10.2. The van der Waals surface area contributed by atoms with E-state index < -0.39 is 18.0 Å². The highest BCUT2D eigenvalue weighted by Crippen LogP contribution is 2.32. The quantitative estimate of drug-likeness (QED) is 0.726. The van der Waals surface area contributed by atoms with E-state index in [1.165, 1.54) is 11.3 Å². The number of hydrogen-bond acceptors (Lipinski definition) is 4. The van der Waals surface area contributed by atoms with Gasteiger partial charge in [-0.1, -0.05) is 0 Å². The van der Waals surface area contributed by atoms with Crippen molar-refractivity contribution in [3.8, 4) is 0 Å². The first-order valence-corrected chi connectivity index (χ1v) is 6.19. The van der Waals surface area contributed by atoms with Crippen LogP contribution in [-0.4, -0.2) is 28.1 Å². The maximum atomic E-state index is 11.5. The lowest BCUT2D eigenvalue weighted by Crippen LogP contribution is -2.46. The fourth-order valence-electron chi connectivity index (χ4n) is 1.50. The third-order valence-corrected chi connectivity index (χ3v) is 3.33. The summed E-state index contributed by atoms with van der Waals surface area (Å²) < 4.78 is 0. The van der Waals surface area contributed by atoms with Crippen LogP contribution >= 0.6 is 11.3 Å². The van der Waals surface area contributed by atoms with Crippen LogP contribution in [0.25, 0.3) is 0 Å². The summed E-state index contributed by atoms with van der Waals surface area (Å²) >= 11 is 1.44. The summed E-state index contributed by atoms with van der Waals surface area (Å²) in [6.07, 6.45) is 3.40. The zero-order chi connectivity index (χ0) is 12.3. The summed E-state index contributed by atoms with van der Waals surface area (Å²) in [7, 11) is 0. The fourth-order valence-corrected chi connectivity index (χ4v) is 2.03. The number of amides is 2. The lowest BCUT2D eigenvalue weighted by Gasteiger charge is -2.13. The molecule has 0 spiro atoms. The van der Waals surface area contributed by atoms with Crippen LogP contribution < -0.4 is 10.6 Å². The van der Waals surface area contributed by atoms with Gasteiger partial charge < -0.3 is 15.7 Å². The van der Waals surface area contributed by atoms with Crippen molar-refractivity contribution in [3.63, 3.8) is 0 Å². The Kier molecular flexibility index (Phi) is 3.58. The monoisotopic (exact) mass is 255 g/mol. The summed E-state index contributed by atoms with van der Waals surface area (Å²) in [6.45, 7) is 0.369. The highest BCUT2D eigenvalue weighted by molar-refractivity contribution is 7.09. The van der Waals surface area contributed by atoms with Crippen molar-refractivity contribution < 1.29 is 14.7 Å². The molecule has 1 aromatic heterocycles. The lowest BCUT2D eigenvalue weighted by molar-refractivity contribution is -0.139. The number of thiazole rings is 1. The van der Waals surface area contributed by atoms with Crippen molar-refractivity contribution in [2.24, 2.45) is 5.92 Å². The molecule has 0 aromatic carbocycles. The third-order valence-electron chi connectivity index (χ3n) is 2.55. The van der Waals surface area contributed by atoms with Gasteiger partial charge in [-0.15, -0.1) is 11.3 Å². The molecule has 6 nitrogen and oxygen atoms in total. The second kappa shape index (κ2) is 5.13. The minimum Gasteiger partial charge on any atom is -0.480 e. The fraction of sp³-hybridized carbons (Fsp3) is 0.500. The van der Waals surface area contributed by atoms with Gasteiger partial charge >= 0.3 is 12.0 Å². The van der Waals surface area contributed by atoms with Crippen LogP contribution in [0.4, 0.5) is 4.79 Å². The molecule has 0 bridgehead atoms. The molecular formula is C10H13N3O3S. The molecule has 17 heavy (non-hydrogen) atoms. The number of rotatable bonds is 5. The third kappa shape index (κ3) is 3.42. The minimum absolute atomic E-state index is 0.0849. The van der Waals surface area contributed by atoms with E-state index in [-0.39, 0.29) is 5.92 Å². The molecule has 2 rings (SSSR count). The van der Waals surface area contributed by atoms with E-state index in [2.05, 4.69) is 15.6 Å². The topological polar surface area (TPSA) is 91.3 Å². The zero-order valence-electron chi connectivity index (χ0n) is 9.05. The van der Waals surface area contributed by atoms with Crippen molar-refractivity contribution in [1.29, 1.82) is 0 Å². The number of nitrogens with zero attached hydrogens (tertiary/aromatic N) is 1. The second-order valence-electron chi connectivity index (χ2n) is 3.95. The zero-order valence-corrected chi connectivity index (χ0v) is 9.87. The number of carbonyl (C=O) groups is 2. The molecule has 1 saturated carbocycles. The van der Waals surface area contributed by atoms with Gasteiger partial charge in [-0.05, 0) is 18.8 Å². The van der Waals surface area contributed by atoms with Crippen LogP contribution in [0.5, 0.6) is 0 Å². The molecule has 0 aliphatic heterocycles. The maximum Gasteiger partial charge on any atom is 0.326 e. The number of carboxylic acid groups (broad SMARTS) is 1. The van der Waals surface area contributed by atoms with Crippen LogP contribution in [0.3, 0.4) is 0 Å². The number of urea groups is 1. The van der Waals surface area contributed by atoms with Gasteiger partial charge in [0.05, 0.1) is 12.1 Å². The Bertz CT molecular complexity index is 403. The summed E-state index contributed by atoms with van der Waals surface area (Å²) in [5, 5.41) is 14.0. The standard InChI is InChI=1S/C10H13N3O3S/c14-9(15)8(6-1-2-6)13-10(16)12-4-7-3-11-5-17-7/h3,5-6,8H,1-2,4H2,(H,14,15)(H2,12,13,16). The van der Waals surface area contributed by atoms with Gasteiger partial charge in [-0.2, -0.15) is 0 Å². The van der Waals surface area contributed by atoms with Crippen molar-refractivity contribution in [2.75, 3.05) is 0 Å². The Labute approximate surface area is 102 Å². The molecule has 1 unspecified atom stereocenters. The Balaban J connectivity index is 1.77. The molecule has 1 fully saturated rings. The number of aromatic nitrogens is 1. The average molecular weight is 255 g/mol. The predicted octanol–water partition coefficient (Wildman–Crippen LogP) is 0.805. The first-order chi connectivity index (χ1) is 8.16. The minimum atomic E-state index is -0.972. The molecule has 3 N–H and O–H groups in total. The second-order valence-corrected chi connectivity index (χ2v) is 4.92. The van der Waals surface area contributed by atoms with Crippen LogP contribution in [0.1, 0.15) is 17.7 Å². The van der Waals surface area contributed by atoms with Gasteiger partial charge in [0.2, 0.25) is 0 Å². The molecule has 1 heterocycles. The number of aliphatic carboxylic acids is 1. The maximum absolute atomic E-state index is 11.5. The van der Waals surface area contributed by atoms with Gasteiger partial charge in [0.15, 0.2) is 0 Å². The Hall–Kier alpha value is -1.63. The smallest absolute Gasteiger partial charge is 0.326 e. The van der Waals surface area contributed by atoms with Crippen LogP contribution in [-0.2, 0) is 11.3 Å². The molecule has 1 atom stereocenters. The average Bonchev–Trinajstić information content (AvgIpc) is 2.99. The predicted molar refractivity (Wildman–Crippen MR) is 61.6 cm³/mol. The molecule has 1 aromatic rings. The van der Waals surface area contributed by atoms with Crippen molar-refractivity contribution in [1.82, 2.24) is 15.6 Å². The van der Waals surface area contributed by atoms with Gasteiger partial charge in [0, 0.05) is 11.1 Å². The van der Waals surface area contributed by atoms with Gasteiger partial charge in [0.25, 0.3) is 0 Å². The highest BCUT2D eigenvalue weighted by atomic mass is 32.1. The van der Waals surface area contributed by atoms with E-state index >= 15 is 0 Å². The van der Waals surface area contributed by atoms with Gasteiger partial charge in [0.1, 0.15) is 6.04 Å². The van der Waals surface area contributed by atoms with Gasteiger partial charge in [-0.25, -0.2) is 9.59 Å². The van der Waals surface area contributed by atoms with E-state index in [9.17, 15) is 9.59 Å². The van der Waals surface area contributed by atoms with Crippen LogP contribution in [0, 0.1) is 5.92 Å². The van der Waals surface area contributed by atoms with E-state index in [4.69, 9.17) is 5.11 Å². The first kappa shape index (κ1) is 11.8. The van der Waals surface area contributed by atoms with Crippen molar-refractivity contribution >= 4 is 23.3 Å². The van der Waals surface area contributed by atoms with Crippen LogP contribution in [0.2, 0.25) is 0 Å². The first-order valence-electron chi connectivity index (χ1n) is 5.31. The molecule has 2 amide bonds. The molecule has 0 radical (unpaired) electrons. The largest absolute Gasteiger partial charge is 0.480 e. The molecule has 7 heteroatoms. The summed E-state index contributed by atoms with van der Waals surface area (Å²) in [6, 6.07) is -1.21. The van der Waals surface area contributed by atoms with Crippen molar-refractivity contribution in [2.45, 2.75) is 25.4 Å². The summed E-state index contributed by atoms with van der Waals surface area (Å²) in [5.74, 6) is -0.887. The Morgan fingerprint density at radius 3 is 2.88 bits per heavy atom. The van der Waals surface area contributed by atoms with E-state index in [0.717, 1.165) is 17.7 Å². The molecule has 92 valence electrons. The summed E-state index contributed by atoms with van der Waals surface area (Å²) in [5.41, 5.74) is 1.68. The molecule has 0 saturated heterocycles. The van der Waals surface area contributed by atoms with Crippen molar-refractivity contribution in [3.05, 3.63) is 16.6 Å². The van der Waals surface area contributed by atoms with Crippen LogP contribution in [0.15, 0.2) is 11.7 Å². The number of hydrogen-bond donors (Lipinski definition) is 3. The van der Waals surface area contributed by atoms with E-state index in [1.54, 1.807) is 11.7 Å². The number of carbonyl (C=O) groups excluding carboxylic acids is 1. The molecular weight excluding hydrogens is 242 g/mol. The SMILES string of the molecule is O=C(NCc1cncs1)NC(C(=O)O)C1CC1. The van der Waals surface area contributed by atoms with Gasteiger partial charge in [-0.3, -0.25) is 4.98 Å². The Morgan fingerprint density at radius 1 is 1.59 bits per heavy atom. The van der Waals surface area contributed by atoms with E-state index in [1.807, 2.05) is 0 Å². The molecule has 1 aliphatic rings. The molecule has 1 aliphatic carbocycles. The normalized spacial score (nSPS) is 16.2. The van der Waals surface area contributed by atoms with E-state index in [0.29, 0.717) is 6.54 Å². The number of carboxylic acids is 1. The number of nitrogens with one attached hydrogen (secondary N) is 2. The summed E-state index contributed by atoms with van der Waals surface area (Å²) in [4.78, 5) is 27.2. The highest BCUT2D eigenvalue weighted by Gasteiger charge is 2.37. The Morgan fingerprint density at radius 2 is 2.35 bits per heavy atom.